The summed E-state index contributed by atoms with van der Waals surface area (Å²) in [6, 6.07) is 0.0208. The van der Waals surface area contributed by atoms with Crippen LogP contribution >= 0.6 is 0 Å². The van der Waals surface area contributed by atoms with Crippen LogP contribution in [0, 0.1) is 13.8 Å². The molecule has 0 saturated heterocycles. The van der Waals surface area contributed by atoms with Crippen molar-refractivity contribution >= 4 is 0 Å². The molecule has 0 aliphatic carbocycles. The van der Waals surface area contributed by atoms with Gasteiger partial charge in [-0.2, -0.15) is 0 Å². The van der Waals surface area contributed by atoms with E-state index in [0.717, 1.165) is 37.4 Å². The van der Waals surface area contributed by atoms with E-state index in [4.69, 9.17) is 0 Å². The third-order valence-electron chi connectivity index (χ3n) is 3.47. The highest BCUT2D eigenvalue weighted by molar-refractivity contribution is 5.19. The van der Waals surface area contributed by atoms with Gasteiger partial charge >= 0.3 is 0 Å². The van der Waals surface area contributed by atoms with Gasteiger partial charge in [0.1, 0.15) is 5.82 Å². The van der Waals surface area contributed by atoms with Crippen molar-refractivity contribution in [2.24, 2.45) is 0 Å². The quantitative estimate of drug-likeness (QED) is 0.783. The number of nitrogens with zero attached hydrogens (tertiary/aromatic N) is 2. The molecule has 0 amide bonds. The van der Waals surface area contributed by atoms with Crippen molar-refractivity contribution < 1.29 is 0 Å². The number of hydrogen-bond acceptors (Lipinski definition) is 4. The molecular formula is C14H26N4O. The SMILES string of the molecule is CCN(CC)CCNC(C)c1c(C)nc(C)[nH]c1=O. The summed E-state index contributed by atoms with van der Waals surface area (Å²) < 4.78 is 0. The molecule has 0 spiro atoms. The van der Waals surface area contributed by atoms with E-state index in [-0.39, 0.29) is 11.6 Å². The molecule has 1 unspecified atom stereocenters. The molecule has 1 heterocycles. The molecular weight excluding hydrogens is 240 g/mol. The number of rotatable bonds is 7. The van der Waals surface area contributed by atoms with Gasteiger partial charge in [0, 0.05) is 24.8 Å². The van der Waals surface area contributed by atoms with E-state index in [1.54, 1.807) is 6.92 Å². The summed E-state index contributed by atoms with van der Waals surface area (Å²) in [5.74, 6) is 0.668. The molecule has 1 aromatic rings. The number of aromatic amines is 1. The molecule has 1 aromatic heterocycles. The molecule has 5 nitrogen and oxygen atoms in total. The van der Waals surface area contributed by atoms with Crippen molar-refractivity contribution in [2.75, 3.05) is 26.2 Å². The second-order valence-corrected chi connectivity index (χ2v) is 4.85. The zero-order valence-electron chi connectivity index (χ0n) is 12.7. The van der Waals surface area contributed by atoms with E-state index < -0.39 is 0 Å². The molecule has 0 aromatic carbocycles. The summed E-state index contributed by atoms with van der Waals surface area (Å²) in [6.07, 6.45) is 0. The maximum atomic E-state index is 12.0. The van der Waals surface area contributed by atoms with Crippen molar-refractivity contribution in [1.29, 1.82) is 0 Å². The molecule has 0 bridgehead atoms. The van der Waals surface area contributed by atoms with E-state index in [2.05, 4.69) is 34.0 Å². The van der Waals surface area contributed by atoms with Crippen LogP contribution in [0.1, 0.15) is 43.9 Å². The Morgan fingerprint density at radius 2 is 1.95 bits per heavy atom. The van der Waals surface area contributed by atoms with E-state index in [0.29, 0.717) is 5.82 Å². The van der Waals surface area contributed by atoms with E-state index in [1.165, 1.54) is 0 Å². The first-order chi connectivity index (χ1) is 8.99. The summed E-state index contributed by atoms with van der Waals surface area (Å²) >= 11 is 0. The molecule has 0 radical (unpaired) electrons. The first kappa shape index (κ1) is 15.9. The highest BCUT2D eigenvalue weighted by Gasteiger charge is 2.14. The Bertz CT molecular complexity index is 451. The lowest BCUT2D eigenvalue weighted by molar-refractivity contribution is 0.297. The number of aryl methyl sites for hydroxylation is 2. The number of nitrogens with one attached hydrogen (secondary N) is 2. The molecule has 1 atom stereocenters. The minimum Gasteiger partial charge on any atom is -0.310 e. The molecule has 0 fully saturated rings. The number of hydrogen-bond donors (Lipinski definition) is 2. The Hall–Kier alpha value is -1.20. The molecule has 1 rings (SSSR count). The van der Waals surface area contributed by atoms with Gasteiger partial charge in [-0.15, -0.1) is 0 Å². The monoisotopic (exact) mass is 266 g/mol. The van der Waals surface area contributed by atoms with Crippen LogP contribution in [0.3, 0.4) is 0 Å². The van der Waals surface area contributed by atoms with Crippen LogP contribution in [0.4, 0.5) is 0 Å². The summed E-state index contributed by atoms with van der Waals surface area (Å²) in [5.41, 5.74) is 1.52. The maximum Gasteiger partial charge on any atom is 0.255 e. The van der Waals surface area contributed by atoms with Gasteiger partial charge < -0.3 is 15.2 Å². The highest BCUT2D eigenvalue weighted by atomic mass is 16.1. The van der Waals surface area contributed by atoms with Crippen LogP contribution in [0.25, 0.3) is 0 Å². The van der Waals surface area contributed by atoms with Crippen LogP contribution in [0.5, 0.6) is 0 Å². The van der Waals surface area contributed by atoms with Gasteiger partial charge in [0.15, 0.2) is 0 Å². The molecule has 19 heavy (non-hydrogen) atoms. The minimum atomic E-state index is -0.0344. The molecule has 0 saturated carbocycles. The van der Waals surface area contributed by atoms with Crippen molar-refractivity contribution in [2.45, 2.75) is 40.7 Å². The number of likely N-dealkylation sites (N-methyl/N-ethyl adjacent to an activating group) is 1. The van der Waals surface area contributed by atoms with Crippen LogP contribution in [-0.4, -0.2) is 41.0 Å². The largest absolute Gasteiger partial charge is 0.310 e. The third kappa shape index (κ3) is 4.44. The summed E-state index contributed by atoms with van der Waals surface area (Å²) in [6.45, 7) is 14.0. The van der Waals surface area contributed by atoms with Crippen LogP contribution in [0.2, 0.25) is 0 Å². The summed E-state index contributed by atoms with van der Waals surface area (Å²) in [7, 11) is 0. The lowest BCUT2D eigenvalue weighted by Crippen LogP contribution is -2.35. The van der Waals surface area contributed by atoms with E-state index in [9.17, 15) is 4.79 Å². The fraction of sp³-hybridized carbons (Fsp3) is 0.714. The fourth-order valence-electron chi connectivity index (χ4n) is 2.33. The van der Waals surface area contributed by atoms with Gasteiger partial charge in [-0.3, -0.25) is 4.79 Å². The smallest absolute Gasteiger partial charge is 0.255 e. The van der Waals surface area contributed by atoms with Gasteiger partial charge in [-0.1, -0.05) is 13.8 Å². The van der Waals surface area contributed by atoms with E-state index >= 15 is 0 Å². The predicted molar refractivity (Wildman–Crippen MR) is 78.5 cm³/mol. The highest BCUT2D eigenvalue weighted by Crippen LogP contribution is 2.10. The zero-order valence-corrected chi connectivity index (χ0v) is 12.7. The van der Waals surface area contributed by atoms with E-state index in [1.807, 2.05) is 13.8 Å². The molecule has 0 aliphatic rings. The first-order valence-electron chi connectivity index (χ1n) is 7.02. The van der Waals surface area contributed by atoms with Crippen molar-refractivity contribution in [3.63, 3.8) is 0 Å². The number of aromatic nitrogens is 2. The van der Waals surface area contributed by atoms with Gasteiger partial charge in [0.2, 0.25) is 0 Å². The lowest BCUT2D eigenvalue weighted by atomic mass is 10.1. The van der Waals surface area contributed by atoms with Crippen LogP contribution in [0.15, 0.2) is 4.79 Å². The van der Waals surface area contributed by atoms with Gasteiger partial charge in [-0.05, 0) is 33.9 Å². The Morgan fingerprint density at radius 3 is 2.47 bits per heavy atom. The topological polar surface area (TPSA) is 61.0 Å². The Labute approximate surface area is 115 Å². The van der Waals surface area contributed by atoms with Crippen molar-refractivity contribution in [3.05, 3.63) is 27.4 Å². The molecule has 108 valence electrons. The summed E-state index contributed by atoms with van der Waals surface area (Å²) in [4.78, 5) is 21.4. The van der Waals surface area contributed by atoms with Crippen LogP contribution in [-0.2, 0) is 0 Å². The van der Waals surface area contributed by atoms with Crippen molar-refractivity contribution in [1.82, 2.24) is 20.2 Å². The predicted octanol–water partition coefficient (Wildman–Crippen LogP) is 1.38. The average Bonchev–Trinajstić information content (AvgIpc) is 2.33. The lowest BCUT2D eigenvalue weighted by Gasteiger charge is -2.20. The normalized spacial score (nSPS) is 12.9. The maximum absolute atomic E-state index is 12.0. The Balaban J connectivity index is 2.64. The average molecular weight is 266 g/mol. The second kappa shape index (κ2) is 7.40. The van der Waals surface area contributed by atoms with Gasteiger partial charge in [0.05, 0.1) is 5.56 Å². The molecule has 2 N–H and O–H groups in total. The van der Waals surface area contributed by atoms with Crippen molar-refractivity contribution in [3.8, 4) is 0 Å². The Kier molecular flexibility index (Phi) is 6.18. The molecule has 0 aliphatic heterocycles. The first-order valence-corrected chi connectivity index (χ1v) is 7.02. The van der Waals surface area contributed by atoms with Gasteiger partial charge in [-0.25, -0.2) is 4.98 Å². The number of H-pyrrole nitrogens is 1. The van der Waals surface area contributed by atoms with Gasteiger partial charge in [0.25, 0.3) is 5.56 Å². The zero-order chi connectivity index (χ0) is 14.4. The minimum absolute atomic E-state index is 0.0208. The summed E-state index contributed by atoms with van der Waals surface area (Å²) in [5, 5.41) is 3.40. The molecule has 5 heteroatoms. The second-order valence-electron chi connectivity index (χ2n) is 4.85. The fourth-order valence-corrected chi connectivity index (χ4v) is 2.33. The Morgan fingerprint density at radius 1 is 1.32 bits per heavy atom. The van der Waals surface area contributed by atoms with Crippen LogP contribution < -0.4 is 10.9 Å². The third-order valence-corrected chi connectivity index (χ3v) is 3.47. The standard InChI is InChI=1S/C14H26N4O/c1-6-18(7-2)9-8-15-10(3)13-11(4)16-12(5)17-14(13)19/h10,15H,6-9H2,1-5H3,(H,16,17,19).